The van der Waals surface area contributed by atoms with Crippen LogP contribution in [0.5, 0.6) is 0 Å². The van der Waals surface area contributed by atoms with Crippen molar-refractivity contribution in [3.8, 4) is 0 Å². The van der Waals surface area contributed by atoms with Crippen molar-refractivity contribution in [2.45, 2.75) is 62.1 Å². The zero-order valence-electron chi connectivity index (χ0n) is 15.6. The van der Waals surface area contributed by atoms with E-state index in [1.807, 2.05) is 0 Å². The maximum Gasteiger partial charge on any atom is 0.158 e. The standard InChI is InChI=1S/C18H34N2O5S/c21-15-4-1-7-19(10-15)12-18(13-20-8-2-5-16(22)11-20)26(23,24)14-17-6-3-9-25-17/h15-18,21-22H,1-14H2. The van der Waals surface area contributed by atoms with Gasteiger partial charge in [0.05, 0.1) is 29.3 Å². The van der Waals surface area contributed by atoms with E-state index in [0.717, 1.165) is 51.6 Å². The lowest BCUT2D eigenvalue weighted by Gasteiger charge is -2.36. The van der Waals surface area contributed by atoms with Gasteiger partial charge in [0.15, 0.2) is 9.84 Å². The van der Waals surface area contributed by atoms with Crippen LogP contribution in [-0.2, 0) is 14.6 Å². The number of hydrogen-bond acceptors (Lipinski definition) is 7. The van der Waals surface area contributed by atoms with Crippen LogP contribution in [0.4, 0.5) is 0 Å². The molecule has 0 aromatic carbocycles. The van der Waals surface area contributed by atoms with Gasteiger partial charge in [0.2, 0.25) is 0 Å². The Bertz CT molecular complexity index is 514. The number of ether oxygens (including phenoxy) is 1. The minimum atomic E-state index is -3.31. The Balaban J connectivity index is 1.66. The minimum Gasteiger partial charge on any atom is -0.392 e. The number of sulfone groups is 1. The Labute approximate surface area is 157 Å². The van der Waals surface area contributed by atoms with Crippen molar-refractivity contribution in [3.05, 3.63) is 0 Å². The second-order valence-corrected chi connectivity index (χ2v) is 10.5. The van der Waals surface area contributed by atoms with Crippen LogP contribution in [0.1, 0.15) is 38.5 Å². The normalized spacial score (nSPS) is 33.4. The van der Waals surface area contributed by atoms with Gasteiger partial charge < -0.3 is 14.9 Å². The van der Waals surface area contributed by atoms with E-state index >= 15 is 0 Å². The summed E-state index contributed by atoms with van der Waals surface area (Å²) in [5.74, 6) is 0.0878. The van der Waals surface area contributed by atoms with E-state index in [1.165, 1.54) is 0 Å². The molecule has 0 saturated carbocycles. The average molecular weight is 391 g/mol. The summed E-state index contributed by atoms with van der Waals surface area (Å²) in [6.07, 6.45) is 4.25. The molecule has 0 spiro atoms. The molecule has 3 atom stereocenters. The summed E-state index contributed by atoms with van der Waals surface area (Å²) in [5, 5.41) is 19.4. The average Bonchev–Trinajstić information content (AvgIpc) is 3.06. The highest BCUT2D eigenvalue weighted by Gasteiger charge is 2.35. The van der Waals surface area contributed by atoms with Gasteiger partial charge in [-0.05, 0) is 51.6 Å². The number of aliphatic hydroxyl groups excluding tert-OH is 2. The van der Waals surface area contributed by atoms with Crippen LogP contribution in [0.3, 0.4) is 0 Å². The number of likely N-dealkylation sites (tertiary alicyclic amines) is 2. The molecule has 152 valence electrons. The maximum atomic E-state index is 13.1. The fourth-order valence-corrected chi connectivity index (χ4v) is 6.35. The van der Waals surface area contributed by atoms with Gasteiger partial charge in [-0.1, -0.05) is 0 Å². The van der Waals surface area contributed by atoms with Gasteiger partial charge >= 0.3 is 0 Å². The van der Waals surface area contributed by atoms with Gasteiger partial charge in [0.25, 0.3) is 0 Å². The first-order valence-corrected chi connectivity index (χ1v) is 11.8. The zero-order chi connectivity index (χ0) is 18.6. The van der Waals surface area contributed by atoms with Crippen molar-refractivity contribution in [1.82, 2.24) is 9.80 Å². The van der Waals surface area contributed by atoms with Crippen molar-refractivity contribution in [1.29, 1.82) is 0 Å². The Morgan fingerprint density at radius 3 is 1.96 bits per heavy atom. The Morgan fingerprint density at radius 2 is 1.50 bits per heavy atom. The van der Waals surface area contributed by atoms with Gasteiger partial charge in [-0.3, -0.25) is 9.80 Å². The second kappa shape index (κ2) is 9.30. The molecule has 2 N–H and O–H groups in total. The third-order valence-electron chi connectivity index (χ3n) is 5.84. The van der Waals surface area contributed by atoms with E-state index in [2.05, 4.69) is 9.80 Å². The molecule has 3 aliphatic rings. The topological polar surface area (TPSA) is 90.3 Å². The maximum absolute atomic E-state index is 13.1. The molecule has 3 fully saturated rings. The van der Waals surface area contributed by atoms with Gasteiger partial charge in [0, 0.05) is 32.8 Å². The molecular formula is C18H34N2O5S. The number of nitrogens with zero attached hydrogens (tertiary/aromatic N) is 2. The highest BCUT2D eigenvalue weighted by Crippen LogP contribution is 2.20. The van der Waals surface area contributed by atoms with Crippen LogP contribution < -0.4 is 0 Å². The first-order chi connectivity index (χ1) is 12.4. The van der Waals surface area contributed by atoms with Crippen LogP contribution in [0.25, 0.3) is 0 Å². The molecule has 3 saturated heterocycles. The summed E-state index contributed by atoms with van der Waals surface area (Å²) in [7, 11) is -3.31. The third-order valence-corrected chi connectivity index (χ3v) is 7.99. The van der Waals surface area contributed by atoms with Gasteiger partial charge in [0.1, 0.15) is 0 Å². The third kappa shape index (κ3) is 5.87. The van der Waals surface area contributed by atoms with Gasteiger partial charge in [-0.25, -0.2) is 8.42 Å². The zero-order valence-corrected chi connectivity index (χ0v) is 16.4. The highest BCUT2D eigenvalue weighted by molar-refractivity contribution is 7.92. The van der Waals surface area contributed by atoms with Crippen LogP contribution in [-0.4, -0.2) is 104 Å². The van der Waals surface area contributed by atoms with Gasteiger partial charge in [-0.2, -0.15) is 0 Å². The molecule has 0 aromatic heterocycles. The summed E-state index contributed by atoms with van der Waals surface area (Å²) in [6, 6.07) is 0. The lowest BCUT2D eigenvalue weighted by atomic mass is 10.1. The Hall–Kier alpha value is -0.250. The largest absolute Gasteiger partial charge is 0.392 e. The fraction of sp³-hybridized carbons (Fsp3) is 1.00. The number of β-amino-alcohol motifs (C(OH)–C–C–N with tert-alkyl or cyclic N) is 2. The SMILES string of the molecule is O=S(=O)(CC1CCCO1)C(CN1CCCC(O)C1)CN1CCCC(O)C1. The number of hydrogen-bond donors (Lipinski definition) is 2. The van der Waals surface area contributed by atoms with Crippen molar-refractivity contribution in [2.24, 2.45) is 0 Å². The predicted octanol–water partition coefficient (Wildman–Crippen LogP) is -0.138. The van der Waals surface area contributed by atoms with E-state index in [-0.39, 0.29) is 24.1 Å². The fourth-order valence-electron chi connectivity index (χ4n) is 4.43. The van der Waals surface area contributed by atoms with Gasteiger partial charge in [-0.15, -0.1) is 0 Å². The number of piperidine rings is 2. The molecule has 0 aromatic rings. The first-order valence-electron chi connectivity index (χ1n) is 10.1. The van der Waals surface area contributed by atoms with Crippen LogP contribution in [0, 0.1) is 0 Å². The molecule has 0 aliphatic carbocycles. The molecule has 0 amide bonds. The summed E-state index contributed by atoms with van der Waals surface area (Å²) >= 11 is 0. The number of aliphatic hydroxyl groups is 2. The van der Waals surface area contributed by atoms with Crippen LogP contribution in [0.2, 0.25) is 0 Å². The van der Waals surface area contributed by atoms with Crippen LogP contribution in [0.15, 0.2) is 0 Å². The molecule has 26 heavy (non-hydrogen) atoms. The van der Waals surface area contributed by atoms with Crippen molar-refractivity contribution in [2.75, 3.05) is 51.6 Å². The summed E-state index contributed by atoms with van der Waals surface area (Å²) < 4.78 is 31.8. The van der Waals surface area contributed by atoms with Crippen LogP contribution >= 0.6 is 0 Å². The molecule has 3 rings (SSSR count). The molecular weight excluding hydrogens is 356 g/mol. The van der Waals surface area contributed by atoms with Crippen molar-refractivity contribution >= 4 is 9.84 Å². The van der Waals surface area contributed by atoms with E-state index in [1.54, 1.807) is 0 Å². The Morgan fingerprint density at radius 1 is 0.923 bits per heavy atom. The molecule has 7 nitrogen and oxygen atoms in total. The van der Waals surface area contributed by atoms with Crippen molar-refractivity contribution < 1.29 is 23.4 Å². The summed E-state index contributed by atoms with van der Waals surface area (Å²) in [6.45, 7) is 4.35. The smallest absolute Gasteiger partial charge is 0.158 e. The summed E-state index contributed by atoms with van der Waals surface area (Å²) in [5.41, 5.74) is 0. The number of rotatable bonds is 7. The van der Waals surface area contributed by atoms with Crippen molar-refractivity contribution in [3.63, 3.8) is 0 Å². The quantitative estimate of drug-likeness (QED) is 0.625. The lowest BCUT2D eigenvalue weighted by Crippen LogP contribution is -2.51. The monoisotopic (exact) mass is 390 g/mol. The molecule has 3 aliphatic heterocycles. The highest BCUT2D eigenvalue weighted by atomic mass is 32.2. The van der Waals surface area contributed by atoms with E-state index in [4.69, 9.17) is 4.74 Å². The first kappa shape index (κ1) is 20.5. The van der Waals surface area contributed by atoms with E-state index in [0.29, 0.717) is 32.8 Å². The molecule has 3 unspecified atom stereocenters. The molecule has 0 bridgehead atoms. The molecule has 3 heterocycles. The molecule has 0 radical (unpaired) electrons. The molecule has 8 heteroatoms. The van der Waals surface area contributed by atoms with E-state index in [9.17, 15) is 18.6 Å². The van der Waals surface area contributed by atoms with E-state index < -0.39 is 15.1 Å². The Kier molecular flexibility index (Phi) is 7.32. The predicted molar refractivity (Wildman–Crippen MR) is 99.9 cm³/mol. The summed E-state index contributed by atoms with van der Waals surface area (Å²) in [4.78, 5) is 4.18. The lowest BCUT2D eigenvalue weighted by molar-refractivity contribution is 0.0568. The minimum absolute atomic E-state index is 0.0878. The second-order valence-electron chi connectivity index (χ2n) is 8.20.